The van der Waals surface area contributed by atoms with Crippen molar-refractivity contribution >= 4 is 11.9 Å². The van der Waals surface area contributed by atoms with Gasteiger partial charge >= 0.3 is 6.09 Å². The molecule has 0 N–H and O–H groups in total. The van der Waals surface area contributed by atoms with E-state index in [0.717, 1.165) is 50.5 Å². The Balaban J connectivity index is 1.37. The number of ketones is 1. The van der Waals surface area contributed by atoms with Gasteiger partial charge in [-0.05, 0) is 50.5 Å². The second-order valence-electron chi connectivity index (χ2n) is 8.59. The van der Waals surface area contributed by atoms with Gasteiger partial charge in [-0.2, -0.15) is 0 Å². The predicted octanol–water partition coefficient (Wildman–Crippen LogP) is 5.11. The van der Waals surface area contributed by atoms with E-state index in [2.05, 4.69) is 0 Å². The van der Waals surface area contributed by atoms with E-state index in [0.29, 0.717) is 12.4 Å². The molecule has 1 aliphatic carbocycles. The first-order chi connectivity index (χ1) is 13.2. The molecule has 3 fully saturated rings. The first-order valence-electron chi connectivity index (χ1n) is 10.7. The Hall–Kier alpha value is -1.84. The van der Waals surface area contributed by atoms with E-state index in [1.54, 1.807) is 0 Å². The van der Waals surface area contributed by atoms with E-state index >= 15 is 0 Å². The highest BCUT2D eigenvalue weighted by molar-refractivity contribution is 5.84. The van der Waals surface area contributed by atoms with Crippen molar-refractivity contribution in [2.45, 2.75) is 82.9 Å². The van der Waals surface area contributed by atoms with Gasteiger partial charge in [0.2, 0.25) is 0 Å². The maximum Gasteiger partial charge on any atom is 0.410 e. The molecule has 27 heavy (non-hydrogen) atoms. The lowest BCUT2D eigenvalue weighted by Gasteiger charge is -2.48. The summed E-state index contributed by atoms with van der Waals surface area (Å²) in [6, 6.07) is 10.2. The van der Waals surface area contributed by atoms with Crippen LogP contribution < -0.4 is 0 Å². The highest BCUT2D eigenvalue weighted by Crippen LogP contribution is 2.40. The molecule has 0 radical (unpaired) electrons. The summed E-state index contributed by atoms with van der Waals surface area (Å²) < 4.78 is 5.62. The topological polar surface area (TPSA) is 46.6 Å². The molecule has 2 saturated heterocycles. The lowest BCUT2D eigenvalue weighted by molar-refractivity contribution is -0.131. The van der Waals surface area contributed by atoms with E-state index in [-0.39, 0.29) is 30.0 Å². The molecule has 2 atom stereocenters. The van der Waals surface area contributed by atoms with E-state index in [1.165, 1.54) is 19.3 Å². The monoisotopic (exact) mass is 369 g/mol. The lowest BCUT2D eigenvalue weighted by Crippen LogP contribution is -2.56. The highest BCUT2D eigenvalue weighted by atomic mass is 16.6. The summed E-state index contributed by atoms with van der Waals surface area (Å²) in [5.74, 6) is 0.923. The number of nitrogens with zero attached hydrogens (tertiary/aromatic N) is 1. The molecule has 2 bridgehead atoms. The number of hydrogen-bond acceptors (Lipinski definition) is 3. The number of Topliss-reactive ketones (excluding diaryl/α,β-unsaturated/α-hetero) is 1. The summed E-state index contributed by atoms with van der Waals surface area (Å²) in [7, 11) is 0. The van der Waals surface area contributed by atoms with Crippen LogP contribution in [0, 0.1) is 11.8 Å². The molecule has 2 unspecified atom stereocenters. The van der Waals surface area contributed by atoms with Gasteiger partial charge in [-0.3, -0.25) is 4.79 Å². The number of rotatable bonds is 4. The third kappa shape index (κ3) is 4.20. The fraction of sp³-hybridized carbons (Fsp3) is 0.652. The molecule has 0 spiro atoms. The number of carbonyl (C=O) groups is 2. The maximum absolute atomic E-state index is 13.0. The van der Waals surface area contributed by atoms with Crippen LogP contribution in [0.2, 0.25) is 0 Å². The van der Waals surface area contributed by atoms with Crippen molar-refractivity contribution in [2.24, 2.45) is 11.8 Å². The molecule has 1 saturated carbocycles. The number of amides is 1. The Bertz CT molecular complexity index is 639. The number of hydrogen-bond donors (Lipinski definition) is 0. The summed E-state index contributed by atoms with van der Waals surface area (Å²) in [5.41, 5.74) is 1.01. The van der Waals surface area contributed by atoms with Crippen LogP contribution >= 0.6 is 0 Å². The van der Waals surface area contributed by atoms with Crippen molar-refractivity contribution in [1.82, 2.24) is 4.90 Å². The Kier molecular flexibility index (Phi) is 5.80. The molecule has 3 aliphatic rings. The second-order valence-corrected chi connectivity index (χ2v) is 8.59. The third-order valence-corrected chi connectivity index (χ3v) is 6.80. The Morgan fingerprint density at radius 1 is 0.852 bits per heavy atom. The molecule has 4 heteroatoms. The number of carbonyl (C=O) groups excluding carboxylic acids is 2. The van der Waals surface area contributed by atoms with Crippen molar-refractivity contribution in [3.05, 3.63) is 35.9 Å². The van der Waals surface area contributed by atoms with Crippen LogP contribution in [0.4, 0.5) is 4.79 Å². The number of fused-ring (bicyclic) bond motifs is 2. The van der Waals surface area contributed by atoms with Crippen LogP contribution in [0.25, 0.3) is 0 Å². The van der Waals surface area contributed by atoms with E-state index in [4.69, 9.17) is 4.74 Å². The first kappa shape index (κ1) is 18.5. The summed E-state index contributed by atoms with van der Waals surface area (Å²) in [6.07, 6.45) is 10.5. The third-order valence-electron chi connectivity index (χ3n) is 6.80. The van der Waals surface area contributed by atoms with Crippen molar-refractivity contribution < 1.29 is 14.3 Å². The van der Waals surface area contributed by atoms with Crippen LogP contribution in [0.1, 0.15) is 69.8 Å². The van der Waals surface area contributed by atoms with Crippen LogP contribution in [0.15, 0.2) is 30.3 Å². The van der Waals surface area contributed by atoms with Gasteiger partial charge in [0.05, 0.1) is 0 Å². The molecule has 1 aromatic rings. The fourth-order valence-corrected chi connectivity index (χ4v) is 5.43. The molecule has 146 valence electrons. The molecular formula is C23H31NO3. The van der Waals surface area contributed by atoms with Gasteiger partial charge in [0.1, 0.15) is 12.4 Å². The maximum atomic E-state index is 13.0. The average molecular weight is 370 g/mol. The van der Waals surface area contributed by atoms with Crippen molar-refractivity contribution in [2.75, 3.05) is 0 Å². The molecule has 2 heterocycles. The van der Waals surface area contributed by atoms with E-state index < -0.39 is 0 Å². The largest absolute Gasteiger partial charge is 0.445 e. The second kappa shape index (κ2) is 8.45. The molecule has 1 aromatic carbocycles. The van der Waals surface area contributed by atoms with Crippen LogP contribution in [-0.2, 0) is 16.1 Å². The lowest BCUT2D eigenvalue weighted by atomic mass is 9.72. The molecule has 1 amide bonds. The predicted molar refractivity (Wildman–Crippen MR) is 104 cm³/mol. The Labute approximate surface area is 162 Å². The SMILES string of the molecule is O=C(C1CCCCC1)C1CC2CCCC(C1)N2C(=O)OCc1ccccc1. The summed E-state index contributed by atoms with van der Waals surface area (Å²) in [4.78, 5) is 27.8. The molecule has 2 aliphatic heterocycles. The van der Waals surface area contributed by atoms with Crippen LogP contribution in [-0.4, -0.2) is 28.9 Å². The normalized spacial score (nSPS) is 28.6. The average Bonchev–Trinajstić information content (AvgIpc) is 2.72. The van der Waals surface area contributed by atoms with Crippen LogP contribution in [0.3, 0.4) is 0 Å². The van der Waals surface area contributed by atoms with Crippen molar-refractivity contribution in [3.63, 3.8) is 0 Å². The van der Waals surface area contributed by atoms with Crippen molar-refractivity contribution in [1.29, 1.82) is 0 Å². The zero-order valence-corrected chi connectivity index (χ0v) is 16.1. The minimum atomic E-state index is -0.197. The van der Waals surface area contributed by atoms with Gasteiger partial charge in [0, 0.05) is 23.9 Å². The summed E-state index contributed by atoms with van der Waals surface area (Å²) in [5, 5.41) is 0. The van der Waals surface area contributed by atoms with Gasteiger partial charge in [-0.25, -0.2) is 4.79 Å². The molecule has 4 nitrogen and oxygen atoms in total. The molecular weight excluding hydrogens is 338 g/mol. The van der Waals surface area contributed by atoms with Gasteiger partial charge < -0.3 is 9.64 Å². The number of ether oxygens (including phenoxy) is 1. The minimum Gasteiger partial charge on any atom is -0.445 e. The quantitative estimate of drug-likeness (QED) is 0.741. The first-order valence-corrected chi connectivity index (χ1v) is 10.7. The van der Waals surface area contributed by atoms with Crippen molar-refractivity contribution in [3.8, 4) is 0 Å². The number of benzene rings is 1. The summed E-state index contributed by atoms with van der Waals surface area (Å²) in [6.45, 7) is 0.319. The molecule has 4 rings (SSSR count). The van der Waals surface area contributed by atoms with Gasteiger partial charge in [0.15, 0.2) is 0 Å². The fourth-order valence-electron chi connectivity index (χ4n) is 5.43. The smallest absolute Gasteiger partial charge is 0.410 e. The van der Waals surface area contributed by atoms with E-state index in [9.17, 15) is 9.59 Å². The zero-order chi connectivity index (χ0) is 18.6. The van der Waals surface area contributed by atoms with Gasteiger partial charge in [0.25, 0.3) is 0 Å². The standard InChI is InChI=1S/C23H31NO3/c25-22(18-10-5-2-6-11-18)19-14-20-12-7-13-21(15-19)24(20)23(26)27-16-17-8-3-1-4-9-17/h1,3-4,8-9,18-21H,2,5-7,10-16H2. The summed E-state index contributed by atoms with van der Waals surface area (Å²) >= 11 is 0. The number of piperidine rings is 2. The Morgan fingerprint density at radius 3 is 2.19 bits per heavy atom. The Morgan fingerprint density at radius 2 is 1.52 bits per heavy atom. The minimum absolute atomic E-state index is 0.154. The van der Waals surface area contributed by atoms with E-state index in [1.807, 2.05) is 35.2 Å². The molecule has 0 aromatic heterocycles. The van der Waals surface area contributed by atoms with Crippen LogP contribution in [0.5, 0.6) is 0 Å². The highest BCUT2D eigenvalue weighted by Gasteiger charge is 2.44. The van der Waals surface area contributed by atoms with Gasteiger partial charge in [-0.1, -0.05) is 49.6 Å². The zero-order valence-electron chi connectivity index (χ0n) is 16.1. The van der Waals surface area contributed by atoms with Gasteiger partial charge in [-0.15, -0.1) is 0 Å².